The van der Waals surface area contributed by atoms with Crippen molar-refractivity contribution in [1.29, 1.82) is 0 Å². The van der Waals surface area contributed by atoms with Crippen molar-refractivity contribution in [2.75, 3.05) is 0 Å². The molecule has 5 nitrogen and oxygen atoms in total. The molecule has 0 radical (unpaired) electrons. The predicted octanol–water partition coefficient (Wildman–Crippen LogP) is 13.7. The summed E-state index contributed by atoms with van der Waals surface area (Å²) in [4.78, 5) is 20.3. The second-order valence-electron chi connectivity index (χ2n) is 14.4. The van der Waals surface area contributed by atoms with E-state index in [2.05, 4.69) is 161 Å². The van der Waals surface area contributed by atoms with Crippen molar-refractivity contribution in [2.24, 2.45) is 0 Å². The lowest BCUT2D eigenvalue weighted by atomic mass is 10.1. The molecule has 4 heterocycles. The van der Waals surface area contributed by atoms with Gasteiger partial charge in [-0.2, -0.15) is 9.97 Å². The predicted molar refractivity (Wildman–Crippen MR) is 240 cm³/mol. The van der Waals surface area contributed by atoms with Crippen molar-refractivity contribution in [3.05, 3.63) is 188 Å². The van der Waals surface area contributed by atoms with E-state index in [1.807, 2.05) is 59.9 Å². The summed E-state index contributed by atoms with van der Waals surface area (Å²) in [6, 6.07) is 66.5. The van der Waals surface area contributed by atoms with Crippen molar-refractivity contribution in [1.82, 2.24) is 24.1 Å². The third-order valence-corrected chi connectivity index (χ3v) is 13.7. The zero-order chi connectivity index (χ0) is 38.2. The van der Waals surface area contributed by atoms with E-state index >= 15 is 0 Å². The molecule has 11 aromatic rings. The summed E-state index contributed by atoms with van der Waals surface area (Å²) < 4.78 is 4.63. The van der Waals surface area contributed by atoms with E-state index in [9.17, 15) is 0 Å². The van der Waals surface area contributed by atoms with Crippen LogP contribution in [-0.2, 0) is 0 Å². The molecule has 58 heavy (non-hydrogen) atoms. The molecule has 0 bridgehead atoms. The van der Waals surface area contributed by atoms with E-state index in [4.69, 9.17) is 15.0 Å². The lowest BCUT2D eigenvalue weighted by Crippen LogP contribution is -2.06. The molecule has 1 aliphatic heterocycles. The first-order valence-electron chi connectivity index (χ1n) is 19.3. The summed E-state index contributed by atoms with van der Waals surface area (Å²) in [6.07, 6.45) is 0. The monoisotopic (exact) mass is 777 g/mol. The van der Waals surface area contributed by atoms with Gasteiger partial charge < -0.3 is 4.57 Å². The lowest BCUT2D eigenvalue weighted by Gasteiger charge is -2.21. The molecule has 3 aromatic heterocycles. The molecule has 0 amide bonds. The van der Waals surface area contributed by atoms with E-state index in [0.29, 0.717) is 17.6 Å². The number of para-hydroxylation sites is 2. The fourth-order valence-electron chi connectivity index (χ4n) is 8.43. The second-order valence-corrected chi connectivity index (χ2v) is 16.5. The molecule has 0 fully saturated rings. The van der Waals surface area contributed by atoms with Gasteiger partial charge in [-0.25, -0.2) is 4.98 Å². The van der Waals surface area contributed by atoms with Crippen LogP contribution in [0, 0.1) is 0 Å². The topological polar surface area (TPSA) is 48.5 Å². The number of aromatic nitrogens is 5. The van der Waals surface area contributed by atoms with E-state index in [0.717, 1.165) is 27.8 Å². The van der Waals surface area contributed by atoms with Crippen LogP contribution >= 0.6 is 23.5 Å². The third kappa shape index (κ3) is 5.24. The second kappa shape index (κ2) is 13.3. The van der Waals surface area contributed by atoms with Gasteiger partial charge in [0.15, 0.2) is 11.6 Å². The molecule has 0 N–H and O–H groups in total. The summed E-state index contributed by atoms with van der Waals surface area (Å²) in [7, 11) is 0. The molecule has 272 valence electrons. The Balaban J connectivity index is 1.02. The molecule has 0 aliphatic carbocycles. The Bertz CT molecular complexity index is 3320. The molecule has 0 saturated heterocycles. The minimum atomic E-state index is 0.596. The van der Waals surface area contributed by atoms with Gasteiger partial charge in [0, 0.05) is 57.9 Å². The van der Waals surface area contributed by atoms with Crippen LogP contribution in [0.5, 0.6) is 0 Å². The number of hydrogen-bond acceptors (Lipinski definition) is 5. The first-order chi connectivity index (χ1) is 28.8. The summed E-state index contributed by atoms with van der Waals surface area (Å²) in [5.74, 6) is 1.88. The van der Waals surface area contributed by atoms with Crippen molar-refractivity contribution < 1.29 is 0 Å². The maximum absolute atomic E-state index is 5.16. The lowest BCUT2D eigenvalue weighted by molar-refractivity contribution is 0.952. The zero-order valence-electron chi connectivity index (χ0n) is 31.0. The Morgan fingerprint density at radius 2 is 0.759 bits per heavy atom. The van der Waals surface area contributed by atoms with Crippen LogP contribution in [0.1, 0.15) is 0 Å². The first-order valence-corrected chi connectivity index (χ1v) is 20.9. The van der Waals surface area contributed by atoms with Gasteiger partial charge in [-0.1, -0.05) is 163 Å². The highest BCUT2D eigenvalue weighted by Crippen LogP contribution is 2.56. The van der Waals surface area contributed by atoms with Crippen LogP contribution in [0.4, 0.5) is 0 Å². The van der Waals surface area contributed by atoms with Crippen molar-refractivity contribution in [2.45, 2.75) is 19.6 Å². The fourth-order valence-corrected chi connectivity index (χ4v) is 11.0. The van der Waals surface area contributed by atoms with Gasteiger partial charge in [0.2, 0.25) is 5.95 Å². The van der Waals surface area contributed by atoms with Crippen LogP contribution in [0.2, 0.25) is 0 Å². The molecule has 8 aromatic carbocycles. The Labute approximate surface area is 342 Å². The highest BCUT2D eigenvalue weighted by Gasteiger charge is 2.28. The number of fused-ring (bicyclic) bond motifs is 10. The van der Waals surface area contributed by atoms with Crippen molar-refractivity contribution in [3.63, 3.8) is 0 Å². The van der Waals surface area contributed by atoms with E-state index in [1.165, 1.54) is 63.3 Å². The van der Waals surface area contributed by atoms with E-state index in [1.54, 1.807) is 0 Å². The van der Waals surface area contributed by atoms with Gasteiger partial charge >= 0.3 is 0 Å². The Morgan fingerprint density at radius 1 is 0.328 bits per heavy atom. The van der Waals surface area contributed by atoms with Crippen LogP contribution in [-0.4, -0.2) is 24.1 Å². The smallest absolute Gasteiger partial charge is 0.238 e. The van der Waals surface area contributed by atoms with Gasteiger partial charge in [0.05, 0.1) is 22.1 Å². The molecule has 0 unspecified atom stereocenters. The molecule has 0 atom stereocenters. The summed E-state index contributed by atoms with van der Waals surface area (Å²) in [5.41, 5.74) is 10.0. The minimum absolute atomic E-state index is 0.596. The van der Waals surface area contributed by atoms with Gasteiger partial charge in [0.25, 0.3) is 0 Å². The van der Waals surface area contributed by atoms with Gasteiger partial charge in [0.1, 0.15) is 0 Å². The quantitative estimate of drug-likeness (QED) is 0.174. The summed E-state index contributed by atoms with van der Waals surface area (Å²) >= 11 is 3.75. The van der Waals surface area contributed by atoms with Crippen LogP contribution in [0.3, 0.4) is 0 Å². The zero-order valence-corrected chi connectivity index (χ0v) is 32.6. The molecule has 7 heteroatoms. The molecule has 12 rings (SSSR count). The summed E-state index contributed by atoms with van der Waals surface area (Å²) in [5, 5.41) is 4.93. The van der Waals surface area contributed by atoms with Crippen molar-refractivity contribution in [3.8, 4) is 45.5 Å². The highest BCUT2D eigenvalue weighted by atomic mass is 32.2. The third-order valence-electron chi connectivity index (χ3n) is 11.1. The SMILES string of the molecule is c1ccc(-c2ccc(-n3c4ccccc4c4c5c(ccc43)Sc3c(ccc4c3c3ccccc3n4-c3nc(-c4ccccc4)nc(-c4ccccc4)n3)S5)cc2)cc1. The number of rotatable bonds is 5. The van der Waals surface area contributed by atoms with Crippen LogP contribution < -0.4 is 0 Å². The Morgan fingerprint density at radius 3 is 1.29 bits per heavy atom. The minimum Gasteiger partial charge on any atom is -0.309 e. The van der Waals surface area contributed by atoms with Crippen LogP contribution in [0.15, 0.2) is 208 Å². The average Bonchev–Trinajstić information content (AvgIpc) is 3.83. The van der Waals surface area contributed by atoms with Crippen molar-refractivity contribution >= 4 is 67.1 Å². The van der Waals surface area contributed by atoms with Gasteiger partial charge in [-0.15, -0.1) is 0 Å². The molecule has 1 aliphatic rings. The highest BCUT2D eigenvalue weighted by molar-refractivity contribution is 8.05. The van der Waals surface area contributed by atoms with E-state index in [-0.39, 0.29) is 0 Å². The fraction of sp³-hybridized carbons (Fsp3) is 0. The Hall–Kier alpha value is -6.93. The molecule has 0 spiro atoms. The molecular formula is C51H31N5S2. The molecular weight excluding hydrogens is 747 g/mol. The standard InChI is InChI=1S/C51H31N5S2/c1-4-14-32(15-5-1)33-24-26-36(27-25-33)55-39-22-12-10-20-37(39)45-41(55)28-30-43-47(45)57-44-31-29-42-46(48(44)58-43)38-21-11-13-23-40(38)56(42)51-53-49(34-16-6-2-7-17-34)52-50(54-51)35-18-8-3-9-19-35/h1-31H. The van der Waals surface area contributed by atoms with Crippen LogP contribution in [0.25, 0.3) is 89.2 Å². The van der Waals surface area contributed by atoms with E-state index < -0.39 is 0 Å². The van der Waals surface area contributed by atoms with Gasteiger partial charge in [-0.05, 0) is 59.7 Å². The number of nitrogens with zero attached hydrogens (tertiary/aromatic N) is 5. The number of benzene rings is 8. The Kier molecular flexibility index (Phi) is 7.64. The normalized spacial score (nSPS) is 12.3. The summed E-state index contributed by atoms with van der Waals surface area (Å²) in [6.45, 7) is 0. The molecule has 0 saturated carbocycles. The van der Waals surface area contributed by atoms with Gasteiger partial charge in [-0.3, -0.25) is 4.57 Å². The maximum Gasteiger partial charge on any atom is 0.238 e. The number of hydrogen-bond donors (Lipinski definition) is 0. The first kappa shape index (κ1) is 33.2. The maximum atomic E-state index is 5.16. The largest absolute Gasteiger partial charge is 0.309 e. The average molecular weight is 778 g/mol.